The summed E-state index contributed by atoms with van der Waals surface area (Å²) in [7, 11) is 0. The summed E-state index contributed by atoms with van der Waals surface area (Å²) in [6.45, 7) is 3.73. The van der Waals surface area contributed by atoms with E-state index in [9.17, 15) is 0 Å². The first-order chi connectivity index (χ1) is 9.12. The van der Waals surface area contributed by atoms with Crippen LogP contribution < -0.4 is 0 Å². The first kappa shape index (κ1) is 11.8. The number of nitrogens with zero attached hydrogens (tertiary/aromatic N) is 4. The highest BCUT2D eigenvalue weighted by Gasteiger charge is 2.23. The Morgan fingerprint density at radius 1 is 1.42 bits per heavy atom. The van der Waals surface area contributed by atoms with Crippen LogP contribution in [-0.2, 0) is 5.41 Å². The molecule has 0 amide bonds. The molecule has 1 N–H and O–H groups in total. The molecular weight excluding hydrogens is 258 g/mol. The van der Waals surface area contributed by atoms with Gasteiger partial charge in [0.25, 0.3) is 0 Å². The Morgan fingerprint density at radius 3 is 3.05 bits per heavy atom. The zero-order valence-electron chi connectivity index (χ0n) is 10.5. The molecule has 19 heavy (non-hydrogen) atoms. The Labute approximate surface area is 113 Å². The Kier molecular flexibility index (Phi) is 2.57. The molecule has 0 radical (unpaired) electrons. The molecule has 3 heterocycles. The number of pyridine rings is 1. The van der Waals surface area contributed by atoms with Crippen LogP contribution in [-0.4, -0.2) is 20.2 Å². The summed E-state index contributed by atoms with van der Waals surface area (Å²) in [6, 6.07) is 4.18. The zero-order valence-corrected chi connectivity index (χ0v) is 11.3. The summed E-state index contributed by atoms with van der Waals surface area (Å²) >= 11 is 1.53. The molecule has 6 heteroatoms. The van der Waals surface area contributed by atoms with Gasteiger partial charge in [0, 0.05) is 22.5 Å². The predicted molar refractivity (Wildman–Crippen MR) is 73.6 cm³/mol. The second kappa shape index (κ2) is 4.14. The molecule has 0 aliphatic heterocycles. The molecule has 0 saturated carbocycles. The maximum absolute atomic E-state index is 9.16. The number of thiazole rings is 1. The maximum atomic E-state index is 9.16. The lowest BCUT2D eigenvalue weighted by atomic mass is 9.92. The third-order valence-electron chi connectivity index (χ3n) is 3.01. The molecule has 0 aliphatic carbocycles. The van der Waals surface area contributed by atoms with Crippen LogP contribution in [0.25, 0.3) is 21.6 Å². The Balaban J connectivity index is 2.14. The van der Waals surface area contributed by atoms with Gasteiger partial charge in [0.15, 0.2) is 5.65 Å². The third-order valence-corrected chi connectivity index (χ3v) is 3.88. The highest BCUT2D eigenvalue weighted by atomic mass is 32.1. The monoisotopic (exact) mass is 269 g/mol. The fraction of sp³-hybridized carbons (Fsp3) is 0.231. The van der Waals surface area contributed by atoms with Crippen molar-refractivity contribution in [3.8, 4) is 16.6 Å². The highest BCUT2D eigenvalue weighted by Crippen LogP contribution is 2.32. The molecule has 3 aromatic rings. The number of aromatic amines is 1. The number of rotatable bonds is 2. The summed E-state index contributed by atoms with van der Waals surface area (Å²) < 4.78 is 0. The number of hydrogen-bond donors (Lipinski definition) is 1. The van der Waals surface area contributed by atoms with E-state index < -0.39 is 5.41 Å². The lowest BCUT2D eigenvalue weighted by molar-refractivity contribution is 0.666. The van der Waals surface area contributed by atoms with Gasteiger partial charge in [-0.1, -0.05) is 0 Å². The van der Waals surface area contributed by atoms with Crippen molar-refractivity contribution in [2.45, 2.75) is 19.3 Å². The van der Waals surface area contributed by atoms with Crippen LogP contribution in [0.5, 0.6) is 0 Å². The van der Waals surface area contributed by atoms with E-state index in [-0.39, 0.29) is 0 Å². The predicted octanol–water partition coefficient (Wildman–Crippen LogP) is 2.88. The van der Waals surface area contributed by atoms with Crippen molar-refractivity contribution in [3.63, 3.8) is 0 Å². The van der Waals surface area contributed by atoms with Crippen LogP contribution in [0.1, 0.15) is 19.5 Å². The molecule has 3 rings (SSSR count). The zero-order chi connectivity index (χ0) is 13.5. The van der Waals surface area contributed by atoms with Crippen molar-refractivity contribution in [3.05, 3.63) is 29.5 Å². The highest BCUT2D eigenvalue weighted by molar-refractivity contribution is 7.13. The molecule has 3 aromatic heterocycles. The Morgan fingerprint density at radius 2 is 2.26 bits per heavy atom. The minimum Gasteiger partial charge on any atom is -0.261 e. The Hall–Kier alpha value is -2.26. The van der Waals surface area contributed by atoms with E-state index in [2.05, 4.69) is 26.2 Å². The van der Waals surface area contributed by atoms with Gasteiger partial charge in [-0.3, -0.25) is 5.10 Å². The van der Waals surface area contributed by atoms with Crippen LogP contribution in [0.2, 0.25) is 0 Å². The first-order valence-corrected chi connectivity index (χ1v) is 6.65. The molecule has 5 nitrogen and oxygen atoms in total. The minimum absolute atomic E-state index is 0.572. The summed E-state index contributed by atoms with van der Waals surface area (Å²) in [5.41, 5.74) is 1.96. The van der Waals surface area contributed by atoms with Gasteiger partial charge < -0.3 is 0 Å². The molecule has 0 aliphatic rings. The van der Waals surface area contributed by atoms with Crippen LogP contribution in [0.4, 0.5) is 0 Å². The van der Waals surface area contributed by atoms with E-state index >= 15 is 0 Å². The van der Waals surface area contributed by atoms with Gasteiger partial charge in [0.1, 0.15) is 5.01 Å². The van der Waals surface area contributed by atoms with Gasteiger partial charge in [-0.15, -0.1) is 11.3 Å². The van der Waals surface area contributed by atoms with Gasteiger partial charge in [-0.25, -0.2) is 9.97 Å². The van der Waals surface area contributed by atoms with Crippen molar-refractivity contribution < 1.29 is 0 Å². The standard InChI is InChI=1S/C13H11N5S/c1-13(2,7-14)10-6-19-12(17-10)8-3-4-15-11-9(8)5-16-18-11/h3-6H,1-2H3,(H,15,16,18). The molecule has 0 fully saturated rings. The summed E-state index contributed by atoms with van der Waals surface area (Å²) in [4.78, 5) is 8.78. The lowest BCUT2D eigenvalue weighted by Gasteiger charge is -2.10. The second-order valence-corrected chi connectivity index (χ2v) is 5.62. The molecule has 0 saturated heterocycles. The van der Waals surface area contributed by atoms with Crippen molar-refractivity contribution >= 4 is 22.4 Å². The van der Waals surface area contributed by atoms with Crippen molar-refractivity contribution in [1.29, 1.82) is 5.26 Å². The van der Waals surface area contributed by atoms with Gasteiger partial charge in [0.05, 0.1) is 23.4 Å². The fourth-order valence-corrected chi connectivity index (χ4v) is 2.81. The minimum atomic E-state index is -0.572. The number of hydrogen-bond acceptors (Lipinski definition) is 5. The van der Waals surface area contributed by atoms with E-state index in [1.54, 1.807) is 12.4 Å². The smallest absolute Gasteiger partial charge is 0.155 e. The lowest BCUT2D eigenvalue weighted by Crippen LogP contribution is -2.14. The van der Waals surface area contributed by atoms with E-state index in [0.29, 0.717) is 0 Å². The van der Waals surface area contributed by atoms with Gasteiger partial charge in [0.2, 0.25) is 0 Å². The van der Waals surface area contributed by atoms with Crippen molar-refractivity contribution in [2.24, 2.45) is 0 Å². The molecule has 0 bridgehead atoms. The van der Waals surface area contributed by atoms with Crippen LogP contribution in [0.3, 0.4) is 0 Å². The van der Waals surface area contributed by atoms with E-state index in [0.717, 1.165) is 27.3 Å². The molecule has 0 atom stereocenters. The van der Waals surface area contributed by atoms with Crippen LogP contribution in [0, 0.1) is 11.3 Å². The van der Waals surface area contributed by atoms with Crippen molar-refractivity contribution in [1.82, 2.24) is 20.2 Å². The van der Waals surface area contributed by atoms with Crippen molar-refractivity contribution in [2.75, 3.05) is 0 Å². The quantitative estimate of drug-likeness (QED) is 0.775. The van der Waals surface area contributed by atoms with Gasteiger partial charge in [-0.05, 0) is 19.9 Å². The molecule has 0 unspecified atom stereocenters. The molecular formula is C13H11N5S. The second-order valence-electron chi connectivity index (χ2n) is 4.77. The van der Waals surface area contributed by atoms with E-state index in [1.807, 2.05) is 25.3 Å². The van der Waals surface area contributed by atoms with Gasteiger partial charge >= 0.3 is 0 Å². The Bertz CT molecular complexity index is 778. The number of nitrogens with one attached hydrogen (secondary N) is 1. The maximum Gasteiger partial charge on any atom is 0.155 e. The first-order valence-electron chi connectivity index (χ1n) is 5.77. The van der Waals surface area contributed by atoms with Crippen LogP contribution >= 0.6 is 11.3 Å². The van der Waals surface area contributed by atoms with Gasteiger partial charge in [-0.2, -0.15) is 10.4 Å². The summed E-state index contributed by atoms with van der Waals surface area (Å²) in [5.74, 6) is 0. The molecule has 0 spiro atoms. The summed E-state index contributed by atoms with van der Waals surface area (Å²) in [6.07, 6.45) is 3.47. The SMILES string of the molecule is CC(C)(C#N)c1csc(-c2ccnc3[nH]ncc23)n1. The number of nitriles is 1. The fourth-order valence-electron chi connectivity index (χ4n) is 1.78. The number of H-pyrrole nitrogens is 1. The normalized spacial score (nSPS) is 11.6. The topological polar surface area (TPSA) is 78.2 Å². The summed E-state index contributed by atoms with van der Waals surface area (Å²) in [5, 5.41) is 19.8. The molecule has 0 aromatic carbocycles. The largest absolute Gasteiger partial charge is 0.261 e. The van der Waals surface area contributed by atoms with E-state index in [4.69, 9.17) is 5.26 Å². The number of aromatic nitrogens is 4. The third kappa shape index (κ3) is 1.88. The van der Waals surface area contributed by atoms with E-state index in [1.165, 1.54) is 11.3 Å². The average Bonchev–Trinajstić information content (AvgIpc) is 3.07. The average molecular weight is 269 g/mol. The number of fused-ring (bicyclic) bond motifs is 1. The molecule has 94 valence electrons. The van der Waals surface area contributed by atoms with Crippen LogP contribution in [0.15, 0.2) is 23.8 Å².